The molecule has 0 unspecified atom stereocenters. The van der Waals surface area contributed by atoms with Gasteiger partial charge in [0.05, 0.1) is 25.3 Å². The Morgan fingerprint density at radius 1 is 1.07 bits per heavy atom. The third-order valence-corrected chi connectivity index (χ3v) is 4.55. The van der Waals surface area contributed by atoms with E-state index in [1.54, 1.807) is 31.4 Å². The summed E-state index contributed by atoms with van der Waals surface area (Å²) in [5.41, 5.74) is 0.316. The van der Waals surface area contributed by atoms with Crippen LogP contribution < -0.4 is 19.7 Å². The van der Waals surface area contributed by atoms with Gasteiger partial charge in [-0.2, -0.15) is 4.73 Å². The van der Waals surface area contributed by atoms with Gasteiger partial charge in [0.25, 0.3) is 0 Å². The second-order valence-electron chi connectivity index (χ2n) is 6.76. The second-order valence-corrected chi connectivity index (χ2v) is 6.76. The van der Waals surface area contributed by atoms with Gasteiger partial charge in [0.15, 0.2) is 0 Å². The molecule has 0 N–H and O–H groups in total. The Morgan fingerprint density at radius 3 is 2.43 bits per heavy atom. The van der Waals surface area contributed by atoms with Gasteiger partial charge in [-0.15, -0.1) is 0 Å². The molecule has 2 aromatic carbocycles. The molecule has 3 aromatic rings. The fraction of sp³-hybridized carbons (Fsp3) is 0.304. The van der Waals surface area contributed by atoms with Crippen LogP contribution in [0.1, 0.15) is 33.1 Å². The number of benzene rings is 2. The van der Waals surface area contributed by atoms with Crippen LogP contribution in [0.5, 0.6) is 11.5 Å². The van der Waals surface area contributed by atoms with Crippen molar-refractivity contribution in [3.8, 4) is 22.6 Å². The van der Waals surface area contributed by atoms with E-state index in [-0.39, 0.29) is 28.6 Å². The highest BCUT2D eigenvalue weighted by Gasteiger charge is 2.20. The first kappa shape index (κ1) is 21.4. The van der Waals surface area contributed by atoms with E-state index >= 15 is 0 Å². The number of carbonyl (C=O) groups excluding carboxylic acids is 1. The van der Waals surface area contributed by atoms with Gasteiger partial charge >= 0.3 is 5.97 Å². The molecule has 0 amide bonds. The van der Waals surface area contributed by atoms with Gasteiger partial charge in [0.2, 0.25) is 5.43 Å². The van der Waals surface area contributed by atoms with Crippen molar-refractivity contribution in [2.24, 2.45) is 0 Å². The monoisotopic (exact) mass is 413 g/mol. The van der Waals surface area contributed by atoms with Crippen LogP contribution in [0.25, 0.3) is 22.0 Å². The molecule has 0 bridgehead atoms. The Kier molecular flexibility index (Phi) is 6.72. The molecule has 158 valence electrons. The van der Waals surface area contributed by atoms with Gasteiger partial charge in [-0.05, 0) is 42.7 Å². The van der Waals surface area contributed by atoms with E-state index in [4.69, 9.17) is 14.3 Å². The van der Waals surface area contributed by atoms with Crippen LogP contribution in [0.15, 0.2) is 47.4 Å². The average molecular weight is 413 g/mol. The Bertz CT molecular complexity index is 1110. The largest absolute Gasteiger partial charge is 0.497 e. The number of hydrogen-bond donors (Lipinski definition) is 0. The molecule has 0 radical (unpaired) electrons. The van der Waals surface area contributed by atoms with Crippen LogP contribution in [0.2, 0.25) is 0 Å². The summed E-state index contributed by atoms with van der Waals surface area (Å²) < 4.78 is 26.8. The minimum absolute atomic E-state index is 0.0927. The zero-order valence-corrected chi connectivity index (χ0v) is 17.2. The normalized spacial score (nSPS) is 10.8. The summed E-state index contributed by atoms with van der Waals surface area (Å²) in [6.45, 7) is 4.16. The van der Waals surface area contributed by atoms with E-state index in [1.165, 1.54) is 18.3 Å². The molecule has 1 heterocycles. The summed E-state index contributed by atoms with van der Waals surface area (Å²) in [5, 5.41) is -0.193. The van der Waals surface area contributed by atoms with Crippen molar-refractivity contribution in [3.63, 3.8) is 0 Å². The highest BCUT2D eigenvalue weighted by atomic mass is 19.1. The number of nitrogens with zero attached hydrogens (tertiary/aromatic N) is 1. The molecule has 1 aromatic heterocycles. The molecule has 0 saturated heterocycles. The molecule has 7 heteroatoms. The van der Waals surface area contributed by atoms with E-state index < -0.39 is 17.2 Å². The molecule has 0 saturated carbocycles. The molecule has 6 nitrogen and oxygen atoms in total. The number of ether oxygens (including phenoxy) is 2. The molecule has 0 atom stereocenters. The fourth-order valence-electron chi connectivity index (χ4n) is 3.09. The lowest BCUT2D eigenvalue weighted by Crippen LogP contribution is -2.24. The predicted molar refractivity (Wildman–Crippen MR) is 112 cm³/mol. The van der Waals surface area contributed by atoms with Gasteiger partial charge in [0, 0.05) is 12.0 Å². The number of fused-ring (bicyclic) bond motifs is 1. The lowest BCUT2D eigenvalue weighted by atomic mass is 10.0. The number of pyridine rings is 1. The smallest absolute Gasteiger partial charge is 0.332 e. The van der Waals surface area contributed by atoms with Crippen LogP contribution in [0, 0.1) is 5.82 Å². The molecule has 0 fully saturated rings. The number of rotatable bonds is 8. The van der Waals surface area contributed by atoms with E-state index in [9.17, 15) is 14.0 Å². The quantitative estimate of drug-likeness (QED) is 0.549. The van der Waals surface area contributed by atoms with Crippen molar-refractivity contribution in [3.05, 3.63) is 58.6 Å². The molecule has 0 aliphatic heterocycles. The molecule has 30 heavy (non-hydrogen) atoms. The Labute approximate surface area is 173 Å². The topological polar surface area (TPSA) is 66.8 Å². The van der Waals surface area contributed by atoms with Crippen molar-refractivity contribution >= 4 is 16.9 Å². The molecule has 0 spiro atoms. The van der Waals surface area contributed by atoms with Gasteiger partial charge in [-0.1, -0.05) is 26.0 Å². The molecular formula is C23H24FNO5. The Hall–Kier alpha value is -3.35. The van der Waals surface area contributed by atoms with Crippen LogP contribution in [-0.4, -0.2) is 24.4 Å². The number of hydrogen-bond acceptors (Lipinski definition) is 5. The predicted octanol–water partition coefficient (Wildman–Crippen LogP) is 4.36. The zero-order chi connectivity index (χ0) is 21.7. The van der Waals surface area contributed by atoms with Crippen molar-refractivity contribution in [2.75, 3.05) is 13.7 Å². The minimum atomic E-state index is -0.713. The molecule has 0 aliphatic carbocycles. The lowest BCUT2D eigenvalue weighted by Gasteiger charge is -2.17. The first-order valence-corrected chi connectivity index (χ1v) is 9.86. The van der Waals surface area contributed by atoms with Crippen LogP contribution in [-0.2, 0) is 4.79 Å². The number of aromatic nitrogens is 1. The van der Waals surface area contributed by atoms with E-state index in [1.807, 2.05) is 13.8 Å². The summed E-state index contributed by atoms with van der Waals surface area (Å²) in [6.07, 6.45) is 2.91. The minimum Gasteiger partial charge on any atom is -0.497 e. The van der Waals surface area contributed by atoms with Crippen molar-refractivity contribution in [1.82, 2.24) is 4.73 Å². The van der Waals surface area contributed by atoms with E-state index in [0.29, 0.717) is 24.3 Å². The molecule has 3 rings (SSSR count). The van der Waals surface area contributed by atoms with Crippen molar-refractivity contribution < 1.29 is 23.5 Å². The lowest BCUT2D eigenvalue weighted by molar-refractivity contribution is -0.143. The number of carbonyl (C=O) groups is 1. The summed E-state index contributed by atoms with van der Waals surface area (Å²) in [4.78, 5) is 30.9. The van der Waals surface area contributed by atoms with Crippen LogP contribution in [0.3, 0.4) is 0 Å². The Morgan fingerprint density at radius 2 is 1.80 bits per heavy atom. The van der Waals surface area contributed by atoms with Crippen molar-refractivity contribution in [2.45, 2.75) is 33.1 Å². The summed E-state index contributed by atoms with van der Waals surface area (Å²) in [6, 6.07) is 9.39. The second kappa shape index (κ2) is 9.43. The SMILES string of the molecule is CCCOc1ccc(F)c2c(=O)c(-c3ccc(OC)cc3)cn(OC(=O)CCC)c12. The summed E-state index contributed by atoms with van der Waals surface area (Å²) >= 11 is 0. The summed E-state index contributed by atoms with van der Waals surface area (Å²) in [7, 11) is 1.54. The van der Waals surface area contributed by atoms with Gasteiger partial charge in [0.1, 0.15) is 22.8 Å². The maximum atomic E-state index is 14.8. The standard InChI is InChI=1S/C23H24FNO5/c1-4-6-20(26)30-25-14-17(15-7-9-16(28-3)10-8-15)23(27)21-18(24)11-12-19(22(21)25)29-13-5-2/h7-12,14H,4-6,13H2,1-3H3. The number of methoxy groups -OCH3 is 1. The fourth-order valence-corrected chi connectivity index (χ4v) is 3.09. The Balaban J connectivity index is 2.28. The van der Waals surface area contributed by atoms with Gasteiger partial charge in [-0.25, -0.2) is 9.18 Å². The summed E-state index contributed by atoms with van der Waals surface area (Å²) in [5.74, 6) is -0.310. The van der Waals surface area contributed by atoms with Gasteiger partial charge in [-0.3, -0.25) is 4.79 Å². The van der Waals surface area contributed by atoms with Crippen LogP contribution in [0.4, 0.5) is 4.39 Å². The average Bonchev–Trinajstić information content (AvgIpc) is 2.75. The van der Waals surface area contributed by atoms with E-state index in [0.717, 1.165) is 11.2 Å². The number of halogens is 1. The van der Waals surface area contributed by atoms with Crippen LogP contribution >= 0.6 is 0 Å². The van der Waals surface area contributed by atoms with Gasteiger partial charge < -0.3 is 14.3 Å². The maximum Gasteiger partial charge on any atom is 0.332 e. The first-order chi connectivity index (χ1) is 14.5. The maximum absolute atomic E-state index is 14.8. The highest BCUT2D eigenvalue weighted by molar-refractivity contribution is 5.89. The first-order valence-electron chi connectivity index (χ1n) is 9.86. The molecular weight excluding hydrogens is 389 g/mol. The highest BCUT2D eigenvalue weighted by Crippen LogP contribution is 2.29. The molecule has 0 aliphatic rings. The zero-order valence-electron chi connectivity index (χ0n) is 17.2. The third kappa shape index (κ3) is 4.30. The third-order valence-electron chi connectivity index (χ3n) is 4.55. The van der Waals surface area contributed by atoms with E-state index in [2.05, 4.69) is 0 Å². The van der Waals surface area contributed by atoms with Crippen molar-refractivity contribution in [1.29, 1.82) is 0 Å².